The number of carbonyl (C=O) groups is 1. The largest absolute Gasteiger partial charge is 0.321 e. The monoisotopic (exact) mass is 430 g/mol. The number of fused-ring (bicyclic) bond motifs is 1. The Morgan fingerprint density at radius 2 is 1.61 bits per heavy atom. The predicted octanol–water partition coefficient (Wildman–Crippen LogP) is 5.26. The maximum atomic E-state index is 13.3. The van der Waals surface area contributed by atoms with E-state index in [1.165, 1.54) is 6.07 Å². The number of hydrogen-bond donors (Lipinski definition) is 1. The Hall–Kier alpha value is -3.51. The van der Waals surface area contributed by atoms with Gasteiger partial charge in [-0.15, -0.1) is 0 Å². The first-order chi connectivity index (χ1) is 14.9. The van der Waals surface area contributed by atoms with Crippen LogP contribution >= 0.6 is 0 Å². The van der Waals surface area contributed by atoms with Gasteiger partial charge in [0.05, 0.1) is 33.1 Å². The second-order valence-corrected chi connectivity index (χ2v) is 9.54. The van der Waals surface area contributed by atoms with Crippen molar-refractivity contribution < 1.29 is 13.2 Å². The molecule has 1 aromatic heterocycles. The first-order valence-corrected chi connectivity index (χ1v) is 11.6. The fourth-order valence-corrected chi connectivity index (χ4v) is 4.47. The van der Waals surface area contributed by atoms with Gasteiger partial charge in [-0.1, -0.05) is 67.1 Å². The molecular formula is C25H22N2O3S. The van der Waals surface area contributed by atoms with E-state index in [0.717, 1.165) is 11.1 Å². The molecule has 0 saturated carbocycles. The quantitative estimate of drug-likeness (QED) is 0.469. The van der Waals surface area contributed by atoms with Gasteiger partial charge in [0.1, 0.15) is 0 Å². The van der Waals surface area contributed by atoms with Crippen LogP contribution in [0.4, 0.5) is 5.69 Å². The molecule has 0 radical (unpaired) electrons. The Morgan fingerprint density at radius 1 is 0.935 bits per heavy atom. The van der Waals surface area contributed by atoms with Crippen LogP contribution in [0.1, 0.15) is 22.8 Å². The maximum absolute atomic E-state index is 13.3. The zero-order chi connectivity index (χ0) is 22.0. The molecule has 0 saturated heterocycles. The molecule has 3 aromatic carbocycles. The average molecular weight is 431 g/mol. The van der Waals surface area contributed by atoms with Crippen molar-refractivity contribution in [3.05, 3.63) is 90.0 Å². The van der Waals surface area contributed by atoms with Gasteiger partial charge >= 0.3 is 0 Å². The summed E-state index contributed by atoms with van der Waals surface area (Å²) in [5.74, 6) is -0.430. The lowest BCUT2D eigenvalue weighted by Gasteiger charge is -2.13. The van der Waals surface area contributed by atoms with Crippen LogP contribution in [0.25, 0.3) is 22.2 Å². The molecule has 1 heterocycles. The van der Waals surface area contributed by atoms with Gasteiger partial charge in [-0.25, -0.2) is 13.4 Å². The third kappa shape index (κ3) is 4.20. The van der Waals surface area contributed by atoms with Crippen molar-refractivity contribution in [1.82, 2.24) is 4.98 Å². The predicted molar refractivity (Wildman–Crippen MR) is 124 cm³/mol. The van der Waals surface area contributed by atoms with E-state index >= 15 is 0 Å². The van der Waals surface area contributed by atoms with Gasteiger partial charge in [-0.3, -0.25) is 4.79 Å². The molecule has 0 unspecified atom stereocenters. The molecule has 0 aliphatic rings. The van der Waals surface area contributed by atoms with Crippen LogP contribution < -0.4 is 5.32 Å². The summed E-state index contributed by atoms with van der Waals surface area (Å²) in [6.45, 7) is 3.59. The zero-order valence-corrected chi connectivity index (χ0v) is 18.1. The van der Waals surface area contributed by atoms with Gasteiger partial charge in [0, 0.05) is 10.9 Å². The van der Waals surface area contributed by atoms with Crippen molar-refractivity contribution in [1.29, 1.82) is 0 Å². The molecule has 0 bridgehead atoms. The number of nitrogens with one attached hydrogen (secondary N) is 1. The van der Waals surface area contributed by atoms with E-state index in [2.05, 4.69) is 5.32 Å². The molecule has 4 aromatic rings. The fourth-order valence-electron chi connectivity index (χ4n) is 3.42. The third-order valence-electron chi connectivity index (χ3n) is 5.16. The Labute approximate surface area is 181 Å². The van der Waals surface area contributed by atoms with Crippen LogP contribution in [0.3, 0.4) is 0 Å². The van der Waals surface area contributed by atoms with Crippen LogP contribution in [0.5, 0.6) is 0 Å². The first-order valence-electron chi connectivity index (χ1n) is 9.99. The molecule has 0 spiro atoms. The molecule has 0 fully saturated rings. The molecule has 0 atom stereocenters. The van der Waals surface area contributed by atoms with E-state index in [1.54, 1.807) is 31.2 Å². The lowest BCUT2D eigenvalue weighted by molar-refractivity contribution is 0.102. The second-order valence-electron chi connectivity index (χ2n) is 7.29. The molecular weight excluding hydrogens is 408 g/mol. The summed E-state index contributed by atoms with van der Waals surface area (Å²) >= 11 is 0. The van der Waals surface area contributed by atoms with Crippen LogP contribution in [-0.2, 0) is 9.84 Å². The average Bonchev–Trinajstić information content (AvgIpc) is 2.79. The zero-order valence-electron chi connectivity index (χ0n) is 17.3. The molecule has 5 nitrogen and oxygen atoms in total. The van der Waals surface area contributed by atoms with E-state index in [9.17, 15) is 13.2 Å². The number of sulfone groups is 1. The molecule has 0 aliphatic heterocycles. The Kier molecular flexibility index (Phi) is 5.57. The summed E-state index contributed by atoms with van der Waals surface area (Å²) in [6.07, 6.45) is 0. The smallest absolute Gasteiger partial charge is 0.256 e. The highest BCUT2D eigenvalue weighted by molar-refractivity contribution is 7.91. The summed E-state index contributed by atoms with van der Waals surface area (Å²) in [5, 5.41) is 3.50. The van der Waals surface area contributed by atoms with Crippen molar-refractivity contribution in [3.8, 4) is 11.3 Å². The van der Waals surface area contributed by atoms with E-state index < -0.39 is 9.84 Å². The van der Waals surface area contributed by atoms with Crippen molar-refractivity contribution in [2.75, 3.05) is 11.1 Å². The number of pyridine rings is 1. The summed E-state index contributed by atoms with van der Waals surface area (Å²) < 4.78 is 24.9. The Morgan fingerprint density at radius 3 is 2.35 bits per heavy atom. The summed E-state index contributed by atoms with van der Waals surface area (Å²) in [5.41, 5.74) is 4.12. The Bertz CT molecular complexity index is 1380. The van der Waals surface area contributed by atoms with Gasteiger partial charge in [0.15, 0.2) is 9.84 Å². The highest BCUT2D eigenvalue weighted by Gasteiger charge is 2.20. The molecule has 31 heavy (non-hydrogen) atoms. The number of amides is 1. The normalized spacial score (nSPS) is 11.4. The van der Waals surface area contributed by atoms with E-state index in [-0.39, 0.29) is 22.2 Å². The summed E-state index contributed by atoms with van der Waals surface area (Å²) in [6, 6.07) is 23.6. The fraction of sp³-hybridized carbons (Fsp3) is 0.120. The van der Waals surface area contributed by atoms with E-state index in [4.69, 9.17) is 4.98 Å². The SMILES string of the molecule is CCS(=O)(=O)c1ccccc1NC(=O)c1cc(-c2ccc(C)cc2)nc2ccccc12. The van der Waals surface area contributed by atoms with Crippen LogP contribution in [0, 0.1) is 6.92 Å². The van der Waals surface area contributed by atoms with Gasteiger partial charge in [0.2, 0.25) is 0 Å². The Balaban J connectivity index is 1.81. The van der Waals surface area contributed by atoms with Crippen molar-refractivity contribution in [2.45, 2.75) is 18.7 Å². The highest BCUT2D eigenvalue weighted by atomic mass is 32.2. The number of rotatable bonds is 5. The molecule has 4 rings (SSSR count). The van der Waals surface area contributed by atoms with E-state index in [1.807, 2.05) is 55.5 Å². The molecule has 0 aliphatic carbocycles. The molecule has 6 heteroatoms. The number of para-hydroxylation sites is 2. The van der Waals surface area contributed by atoms with Crippen molar-refractivity contribution in [2.24, 2.45) is 0 Å². The first kappa shape index (κ1) is 20.8. The van der Waals surface area contributed by atoms with Gasteiger partial charge in [0.25, 0.3) is 5.91 Å². The number of nitrogens with zero attached hydrogens (tertiary/aromatic N) is 1. The second kappa shape index (κ2) is 8.32. The van der Waals surface area contributed by atoms with Crippen LogP contribution in [0.15, 0.2) is 83.8 Å². The van der Waals surface area contributed by atoms with E-state index in [0.29, 0.717) is 22.2 Å². The number of anilines is 1. The van der Waals surface area contributed by atoms with Crippen LogP contribution in [-0.4, -0.2) is 25.1 Å². The molecule has 1 N–H and O–H groups in total. The minimum atomic E-state index is -3.48. The summed E-state index contributed by atoms with van der Waals surface area (Å²) in [4.78, 5) is 18.1. The van der Waals surface area contributed by atoms with Crippen molar-refractivity contribution >= 4 is 32.3 Å². The number of benzene rings is 3. The lowest BCUT2D eigenvalue weighted by atomic mass is 10.0. The maximum Gasteiger partial charge on any atom is 0.256 e. The molecule has 156 valence electrons. The summed E-state index contributed by atoms with van der Waals surface area (Å²) in [7, 11) is -3.48. The van der Waals surface area contributed by atoms with Crippen LogP contribution in [0.2, 0.25) is 0 Å². The minimum absolute atomic E-state index is 0.0460. The minimum Gasteiger partial charge on any atom is -0.321 e. The van der Waals surface area contributed by atoms with Gasteiger partial charge in [-0.05, 0) is 31.2 Å². The highest BCUT2D eigenvalue weighted by Crippen LogP contribution is 2.27. The van der Waals surface area contributed by atoms with Crippen molar-refractivity contribution in [3.63, 3.8) is 0 Å². The lowest BCUT2D eigenvalue weighted by Crippen LogP contribution is -2.16. The van der Waals surface area contributed by atoms with Gasteiger partial charge in [-0.2, -0.15) is 0 Å². The number of hydrogen-bond acceptors (Lipinski definition) is 4. The molecule has 1 amide bonds. The number of aromatic nitrogens is 1. The number of carbonyl (C=O) groups excluding carboxylic acids is 1. The third-order valence-corrected chi connectivity index (χ3v) is 6.94. The van der Waals surface area contributed by atoms with Gasteiger partial charge < -0.3 is 5.32 Å². The standard InChI is InChI=1S/C25H22N2O3S/c1-3-31(29,30)24-11-7-6-10-22(24)27-25(28)20-16-23(18-14-12-17(2)13-15-18)26-21-9-5-4-8-19(20)21/h4-16H,3H2,1-2H3,(H,27,28). The topological polar surface area (TPSA) is 76.1 Å². The number of aryl methyl sites for hydroxylation is 1.